The average Bonchev–Trinajstić information content (AvgIpc) is 3.80. The van der Waals surface area contributed by atoms with E-state index in [1.807, 2.05) is 66.7 Å². The van der Waals surface area contributed by atoms with Crippen LogP contribution in [0.1, 0.15) is 54.4 Å². The number of amides is 1. The number of carbonyl (C=O) groups excluding carboxylic acids is 1. The fraction of sp³-hybridized carbons (Fsp3) is 0.176. The third-order valence-corrected chi connectivity index (χ3v) is 10.3. The number of anilines is 3. The molecule has 0 bridgehead atoms. The van der Waals surface area contributed by atoms with Crippen LogP contribution in [0.5, 0.6) is 0 Å². The van der Waals surface area contributed by atoms with Crippen molar-refractivity contribution in [3.05, 3.63) is 105 Å². The summed E-state index contributed by atoms with van der Waals surface area (Å²) < 4.78 is 1.00. The number of nitrogens with two attached hydrogens (primary N) is 1. The Kier molecular flexibility index (Phi) is 8.11. The van der Waals surface area contributed by atoms with Crippen molar-refractivity contribution in [1.29, 1.82) is 5.26 Å². The van der Waals surface area contributed by atoms with E-state index in [2.05, 4.69) is 36.5 Å². The van der Waals surface area contributed by atoms with E-state index in [1.165, 1.54) is 22.7 Å². The van der Waals surface area contributed by atoms with Gasteiger partial charge in [-0.1, -0.05) is 59.9 Å². The molecule has 47 heavy (non-hydrogen) atoms. The molecule has 7 rings (SSSR count). The molecule has 0 fully saturated rings. The maximum absolute atomic E-state index is 13.4. The molecule has 1 aliphatic rings. The summed E-state index contributed by atoms with van der Waals surface area (Å²) in [6.07, 6.45) is 2.76. The largest absolute Gasteiger partial charge is 0.476 e. The number of nitriles is 1. The minimum Gasteiger partial charge on any atom is -0.476 e. The molecule has 5 N–H and O–H groups in total. The van der Waals surface area contributed by atoms with Crippen LogP contribution in [0.2, 0.25) is 0 Å². The summed E-state index contributed by atoms with van der Waals surface area (Å²) in [5, 5.41) is 30.2. The van der Waals surface area contributed by atoms with Gasteiger partial charge >= 0.3 is 5.97 Å². The zero-order chi connectivity index (χ0) is 32.5. The summed E-state index contributed by atoms with van der Waals surface area (Å²) >= 11 is 2.83. The number of hydrogen-bond acceptors (Lipinski definition) is 10. The van der Waals surface area contributed by atoms with Crippen LogP contribution in [0.25, 0.3) is 21.5 Å². The van der Waals surface area contributed by atoms with Crippen LogP contribution in [-0.4, -0.2) is 43.7 Å². The molecule has 0 spiro atoms. The molecule has 1 aliphatic heterocycles. The van der Waals surface area contributed by atoms with E-state index in [4.69, 9.17) is 5.73 Å². The van der Waals surface area contributed by atoms with Crippen LogP contribution in [-0.2, 0) is 25.8 Å². The van der Waals surface area contributed by atoms with Gasteiger partial charge in [0.15, 0.2) is 21.8 Å². The van der Waals surface area contributed by atoms with Crippen molar-refractivity contribution < 1.29 is 14.7 Å². The predicted octanol–water partition coefficient (Wildman–Crippen LogP) is 6.29. The zero-order valence-corrected chi connectivity index (χ0v) is 26.6. The smallest absolute Gasteiger partial charge is 0.355 e. The van der Waals surface area contributed by atoms with Gasteiger partial charge in [0.2, 0.25) is 0 Å². The monoisotopic (exact) mass is 660 g/mol. The lowest BCUT2D eigenvalue weighted by Crippen LogP contribution is -2.32. The summed E-state index contributed by atoms with van der Waals surface area (Å²) in [7, 11) is 0. The number of H-pyrrole nitrogens is 1. The maximum Gasteiger partial charge on any atom is 0.355 e. The molecule has 3 aromatic heterocycles. The number of thiazole rings is 2. The first kappa shape index (κ1) is 30.1. The molecule has 0 saturated heterocycles. The topological polar surface area (TPSA) is 174 Å². The van der Waals surface area contributed by atoms with E-state index in [0.29, 0.717) is 53.0 Å². The lowest BCUT2D eigenvalue weighted by atomic mass is 9.94. The number of aromatic amines is 1. The summed E-state index contributed by atoms with van der Waals surface area (Å²) in [4.78, 5) is 37.5. The van der Waals surface area contributed by atoms with Gasteiger partial charge in [0.25, 0.3) is 5.91 Å². The number of para-hydroxylation sites is 1. The van der Waals surface area contributed by atoms with Crippen LogP contribution in [0, 0.1) is 11.3 Å². The van der Waals surface area contributed by atoms with Crippen molar-refractivity contribution in [3.63, 3.8) is 0 Å². The van der Waals surface area contributed by atoms with Crippen LogP contribution >= 0.6 is 22.7 Å². The number of aryl methyl sites for hydroxylation is 2. The Balaban J connectivity index is 1.04. The first-order chi connectivity index (χ1) is 22.9. The van der Waals surface area contributed by atoms with Crippen molar-refractivity contribution in [1.82, 2.24) is 20.2 Å². The molecule has 11 nitrogen and oxygen atoms in total. The van der Waals surface area contributed by atoms with Crippen molar-refractivity contribution >= 4 is 60.8 Å². The van der Waals surface area contributed by atoms with Gasteiger partial charge < -0.3 is 15.7 Å². The van der Waals surface area contributed by atoms with Gasteiger partial charge in [-0.15, -0.1) is 11.3 Å². The van der Waals surface area contributed by atoms with Crippen LogP contribution in [0.15, 0.2) is 66.7 Å². The van der Waals surface area contributed by atoms with Gasteiger partial charge in [-0.25, -0.2) is 14.8 Å². The van der Waals surface area contributed by atoms with Crippen LogP contribution < -0.4 is 16.0 Å². The van der Waals surface area contributed by atoms with Gasteiger partial charge in [0.1, 0.15) is 11.6 Å². The van der Waals surface area contributed by atoms with E-state index < -0.39 is 5.97 Å². The highest BCUT2D eigenvalue weighted by molar-refractivity contribution is 7.22. The summed E-state index contributed by atoms with van der Waals surface area (Å²) in [6.45, 7) is 1.12. The Morgan fingerprint density at radius 3 is 2.66 bits per heavy atom. The molecule has 0 saturated carbocycles. The first-order valence-electron chi connectivity index (χ1n) is 15.0. The Hall–Kier alpha value is -5.58. The van der Waals surface area contributed by atoms with E-state index in [0.717, 1.165) is 50.2 Å². The number of rotatable bonds is 9. The number of carboxylic acids is 1. The number of nitrogen functional groups attached to an aromatic ring is 1. The van der Waals surface area contributed by atoms with Gasteiger partial charge in [-0.2, -0.15) is 10.4 Å². The van der Waals surface area contributed by atoms with Crippen molar-refractivity contribution in [2.45, 2.75) is 32.2 Å². The van der Waals surface area contributed by atoms with Gasteiger partial charge in [-0.05, 0) is 60.6 Å². The molecule has 0 aliphatic carbocycles. The lowest BCUT2D eigenvalue weighted by Gasteiger charge is -2.29. The van der Waals surface area contributed by atoms with Gasteiger partial charge in [0.05, 0.1) is 15.9 Å². The minimum atomic E-state index is -1.05. The highest BCUT2D eigenvalue weighted by atomic mass is 32.1. The number of hydrogen-bond donors (Lipinski definition) is 4. The lowest BCUT2D eigenvalue weighted by molar-refractivity contribution is 0.0690. The maximum atomic E-state index is 13.4. The number of aromatic nitrogens is 4. The van der Waals surface area contributed by atoms with E-state index >= 15 is 0 Å². The molecule has 0 unspecified atom stereocenters. The number of carboxylic acid groups (broad SMARTS) is 1. The quantitative estimate of drug-likeness (QED) is 0.139. The molecule has 13 heteroatoms. The number of nitrogens with zero attached hydrogens (tertiary/aromatic N) is 5. The van der Waals surface area contributed by atoms with E-state index in [-0.39, 0.29) is 17.4 Å². The molecule has 234 valence electrons. The number of benzene rings is 3. The van der Waals surface area contributed by atoms with Crippen molar-refractivity contribution in [2.75, 3.05) is 22.5 Å². The molecular weight excluding hydrogens is 633 g/mol. The van der Waals surface area contributed by atoms with Crippen molar-refractivity contribution in [3.8, 4) is 17.3 Å². The Morgan fingerprint density at radius 2 is 1.87 bits per heavy atom. The fourth-order valence-electron chi connectivity index (χ4n) is 5.83. The molecule has 0 atom stereocenters. The molecule has 3 aromatic carbocycles. The normalized spacial score (nSPS) is 12.5. The highest BCUT2D eigenvalue weighted by Crippen LogP contribution is 2.34. The zero-order valence-electron chi connectivity index (χ0n) is 25.0. The Bertz CT molecular complexity index is 2140. The Labute approximate surface area is 277 Å². The molecule has 1 amide bonds. The third-order valence-electron chi connectivity index (χ3n) is 8.21. The molecule has 4 heterocycles. The molecule has 0 radical (unpaired) electrons. The van der Waals surface area contributed by atoms with E-state index in [9.17, 15) is 20.0 Å². The fourth-order valence-corrected chi connectivity index (χ4v) is 7.81. The second kappa shape index (κ2) is 12.7. The molecule has 6 aromatic rings. The highest BCUT2D eigenvalue weighted by Gasteiger charge is 2.27. The summed E-state index contributed by atoms with van der Waals surface area (Å²) in [5.74, 6) is -1.10. The van der Waals surface area contributed by atoms with E-state index in [1.54, 1.807) is 0 Å². The minimum absolute atomic E-state index is 0.0777. The van der Waals surface area contributed by atoms with Gasteiger partial charge in [0, 0.05) is 29.1 Å². The summed E-state index contributed by atoms with van der Waals surface area (Å²) in [5.41, 5.74) is 12.1. The third kappa shape index (κ3) is 6.04. The SMILES string of the molecule is N#Cc1c(N)n[nH]c1-c1ccc(CCCc2sc(N3CCc4cccc(C(=O)Nc5nc6ccccc6s5)c4C3)nc2C(=O)O)cc1. The number of carbonyl (C=O) groups is 2. The first-order valence-corrected chi connectivity index (χ1v) is 16.6. The standard InChI is InChI=1S/C34H28N8O3S2/c35-17-23-28(40-41-30(23)36)21-13-11-19(12-14-21)5-3-10-27-29(32(44)45)38-34(47-27)42-16-15-20-6-4-7-22(24(20)18-42)31(43)39-33-37-25-8-1-2-9-26(25)46-33/h1-2,4,6-9,11-14H,3,5,10,15-16,18H2,(H,44,45)(H3,36,40,41)(H,37,39,43). The van der Waals surface area contributed by atoms with Crippen LogP contribution in [0.4, 0.5) is 16.1 Å². The average molecular weight is 661 g/mol. The number of fused-ring (bicyclic) bond motifs is 2. The van der Waals surface area contributed by atoms with Gasteiger partial charge in [-0.3, -0.25) is 15.2 Å². The Morgan fingerprint density at radius 1 is 1.04 bits per heavy atom. The summed E-state index contributed by atoms with van der Waals surface area (Å²) in [6, 6.07) is 23.4. The number of nitrogens with one attached hydrogen (secondary N) is 2. The van der Waals surface area contributed by atoms with Crippen molar-refractivity contribution in [2.24, 2.45) is 0 Å². The predicted molar refractivity (Wildman–Crippen MR) is 183 cm³/mol. The molecular formula is C34H28N8O3S2. The van der Waals surface area contributed by atoms with Crippen LogP contribution in [0.3, 0.4) is 0 Å². The second-order valence-corrected chi connectivity index (χ2v) is 13.2. The number of aromatic carboxylic acids is 1. The second-order valence-electron chi connectivity index (χ2n) is 11.2.